The van der Waals surface area contributed by atoms with E-state index in [-0.39, 0.29) is 11.3 Å². The molecular formula is C14H8F4N2O3. The van der Waals surface area contributed by atoms with E-state index in [4.69, 9.17) is 0 Å². The molecule has 0 saturated carbocycles. The van der Waals surface area contributed by atoms with Crippen molar-refractivity contribution in [2.24, 2.45) is 0 Å². The molecule has 2 aromatic rings. The fourth-order valence-corrected chi connectivity index (χ4v) is 1.74. The van der Waals surface area contributed by atoms with E-state index in [1.54, 1.807) is 0 Å². The monoisotopic (exact) mass is 328 g/mol. The molecule has 1 amide bonds. The second-order valence-electron chi connectivity index (χ2n) is 4.45. The summed E-state index contributed by atoms with van der Waals surface area (Å²) in [6.07, 6.45) is -4.50. The Balaban J connectivity index is 2.19. The highest BCUT2D eigenvalue weighted by molar-refractivity contribution is 6.04. The molecule has 0 spiro atoms. The van der Waals surface area contributed by atoms with Crippen molar-refractivity contribution in [1.82, 2.24) is 0 Å². The van der Waals surface area contributed by atoms with E-state index >= 15 is 0 Å². The summed E-state index contributed by atoms with van der Waals surface area (Å²) in [6, 6.07) is 6.18. The number of carbonyl (C=O) groups is 1. The van der Waals surface area contributed by atoms with Gasteiger partial charge in [0.25, 0.3) is 5.91 Å². The van der Waals surface area contributed by atoms with Crippen LogP contribution in [-0.2, 0) is 6.18 Å². The average molecular weight is 328 g/mol. The van der Waals surface area contributed by atoms with E-state index in [2.05, 4.69) is 5.32 Å². The number of alkyl halides is 3. The third kappa shape index (κ3) is 3.82. The van der Waals surface area contributed by atoms with Crippen LogP contribution in [0.1, 0.15) is 15.9 Å². The number of benzene rings is 2. The summed E-state index contributed by atoms with van der Waals surface area (Å²) in [5.41, 5.74) is -1.88. The molecule has 0 aliphatic carbocycles. The Morgan fingerprint density at radius 3 is 2.22 bits per heavy atom. The maximum atomic E-state index is 13.2. The second-order valence-corrected chi connectivity index (χ2v) is 4.45. The Hall–Kier alpha value is -2.97. The van der Waals surface area contributed by atoms with Crippen LogP contribution < -0.4 is 5.32 Å². The smallest absolute Gasteiger partial charge is 0.322 e. The zero-order valence-corrected chi connectivity index (χ0v) is 11.2. The summed E-state index contributed by atoms with van der Waals surface area (Å²) < 4.78 is 50.4. The summed E-state index contributed by atoms with van der Waals surface area (Å²) in [7, 11) is 0. The van der Waals surface area contributed by atoms with Crippen molar-refractivity contribution >= 4 is 17.3 Å². The molecule has 1 N–H and O–H groups in total. The van der Waals surface area contributed by atoms with Gasteiger partial charge in [-0.05, 0) is 36.4 Å². The Kier molecular flexibility index (Phi) is 4.30. The predicted molar refractivity (Wildman–Crippen MR) is 72.5 cm³/mol. The molecule has 9 heteroatoms. The number of nitro groups is 1. The van der Waals surface area contributed by atoms with Crippen molar-refractivity contribution in [3.05, 3.63) is 69.5 Å². The van der Waals surface area contributed by atoms with Crippen LogP contribution in [0, 0.1) is 15.9 Å². The number of anilines is 1. The van der Waals surface area contributed by atoms with Crippen molar-refractivity contribution in [2.45, 2.75) is 6.18 Å². The summed E-state index contributed by atoms with van der Waals surface area (Å²) in [4.78, 5) is 21.5. The molecule has 0 heterocycles. The lowest BCUT2D eigenvalue weighted by Crippen LogP contribution is -2.13. The summed E-state index contributed by atoms with van der Waals surface area (Å²) >= 11 is 0. The van der Waals surface area contributed by atoms with Gasteiger partial charge < -0.3 is 5.32 Å². The van der Waals surface area contributed by atoms with Crippen molar-refractivity contribution in [1.29, 1.82) is 0 Å². The first-order chi connectivity index (χ1) is 10.7. The summed E-state index contributed by atoms with van der Waals surface area (Å²) in [6.45, 7) is 0. The Labute approximate surface area is 126 Å². The van der Waals surface area contributed by atoms with Gasteiger partial charge in [0.2, 0.25) is 5.82 Å². The third-order valence-corrected chi connectivity index (χ3v) is 2.88. The molecule has 0 atom stereocenters. The van der Waals surface area contributed by atoms with Crippen molar-refractivity contribution in [3.8, 4) is 0 Å². The highest BCUT2D eigenvalue weighted by Gasteiger charge is 2.30. The number of rotatable bonds is 3. The third-order valence-electron chi connectivity index (χ3n) is 2.88. The van der Waals surface area contributed by atoms with Crippen LogP contribution >= 0.6 is 0 Å². The van der Waals surface area contributed by atoms with E-state index in [1.165, 1.54) is 0 Å². The molecule has 5 nitrogen and oxygen atoms in total. The molecule has 0 unspecified atom stereocenters. The van der Waals surface area contributed by atoms with Gasteiger partial charge in [-0.15, -0.1) is 0 Å². The minimum atomic E-state index is -4.50. The van der Waals surface area contributed by atoms with Gasteiger partial charge in [0.15, 0.2) is 0 Å². The number of hydrogen-bond acceptors (Lipinski definition) is 3. The van der Waals surface area contributed by atoms with Crippen molar-refractivity contribution in [3.63, 3.8) is 0 Å². The van der Waals surface area contributed by atoms with Crippen LogP contribution in [-0.4, -0.2) is 10.8 Å². The fourth-order valence-electron chi connectivity index (χ4n) is 1.74. The molecule has 120 valence electrons. The van der Waals surface area contributed by atoms with Crippen LogP contribution in [0.3, 0.4) is 0 Å². The van der Waals surface area contributed by atoms with Gasteiger partial charge in [0, 0.05) is 17.3 Å². The van der Waals surface area contributed by atoms with Gasteiger partial charge in [-0.25, -0.2) is 0 Å². The normalized spacial score (nSPS) is 11.1. The van der Waals surface area contributed by atoms with E-state index in [1.807, 2.05) is 0 Å². The van der Waals surface area contributed by atoms with Crippen LogP contribution in [0.15, 0.2) is 42.5 Å². The highest BCUT2D eigenvalue weighted by atomic mass is 19.4. The molecule has 0 aromatic heterocycles. The number of nitrogens with zero attached hydrogens (tertiary/aromatic N) is 1. The first kappa shape index (κ1) is 16.4. The zero-order chi connectivity index (χ0) is 17.2. The van der Waals surface area contributed by atoms with Gasteiger partial charge in [-0.3, -0.25) is 14.9 Å². The average Bonchev–Trinajstić information content (AvgIpc) is 2.47. The molecule has 0 bridgehead atoms. The molecule has 2 rings (SSSR count). The fraction of sp³-hybridized carbons (Fsp3) is 0.0714. The number of nitro benzene ring substituents is 1. The maximum absolute atomic E-state index is 13.2. The number of amides is 1. The minimum absolute atomic E-state index is 0.0648. The van der Waals surface area contributed by atoms with Crippen LogP contribution in [0.2, 0.25) is 0 Å². The van der Waals surface area contributed by atoms with Crippen LogP contribution in [0.25, 0.3) is 0 Å². The topological polar surface area (TPSA) is 72.2 Å². The largest absolute Gasteiger partial charge is 0.416 e. The Morgan fingerprint density at radius 2 is 1.70 bits per heavy atom. The second kappa shape index (κ2) is 6.03. The molecule has 0 fully saturated rings. The van der Waals surface area contributed by atoms with Crippen molar-refractivity contribution < 1.29 is 27.3 Å². The van der Waals surface area contributed by atoms with Gasteiger partial charge in [0.05, 0.1) is 10.5 Å². The lowest BCUT2D eigenvalue weighted by atomic mass is 10.1. The molecule has 0 aliphatic heterocycles. The highest BCUT2D eigenvalue weighted by Crippen LogP contribution is 2.30. The van der Waals surface area contributed by atoms with Gasteiger partial charge >= 0.3 is 11.9 Å². The quantitative estimate of drug-likeness (QED) is 0.526. The van der Waals surface area contributed by atoms with Gasteiger partial charge in [0.1, 0.15) is 0 Å². The number of hydrogen-bond donors (Lipinski definition) is 1. The number of nitrogens with one attached hydrogen (secondary N) is 1. The minimum Gasteiger partial charge on any atom is -0.322 e. The van der Waals surface area contributed by atoms with Crippen LogP contribution in [0.5, 0.6) is 0 Å². The standard InChI is InChI=1S/C14H8F4N2O3/c15-11-6-1-8(7-12(11)20(22)23)13(21)19-10-4-2-9(3-5-10)14(16,17)18/h1-7H,(H,19,21). The van der Waals surface area contributed by atoms with E-state index in [0.29, 0.717) is 0 Å². The Morgan fingerprint density at radius 1 is 1.09 bits per heavy atom. The molecular weight excluding hydrogens is 320 g/mol. The van der Waals surface area contributed by atoms with Crippen LogP contribution in [0.4, 0.5) is 28.9 Å². The van der Waals surface area contributed by atoms with Gasteiger partial charge in [-0.2, -0.15) is 17.6 Å². The van der Waals surface area contributed by atoms with E-state index in [0.717, 1.165) is 42.5 Å². The maximum Gasteiger partial charge on any atom is 0.416 e. The lowest BCUT2D eigenvalue weighted by Gasteiger charge is -2.09. The first-order valence-electron chi connectivity index (χ1n) is 6.11. The number of halogens is 4. The predicted octanol–water partition coefficient (Wildman–Crippen LogP) is 4.01. The molecule has 2 aromatic carbocycles. The first-order valence-corrected chi connectivity index (χ1v) is 6.11. The van der Waals surface area contributed by atoms with Gasteiger partial charge in [-0.1, -0.05) is 0 Å². The molecule has 0 saturated heterocycles. The van der Waals surface area contributed by atoms with Crippen molar-refractivity contribution in [2.75, 3.05) is 5.32 Å². The van der Waals surface area contributed by atoms with E-state index in [9.17, 15) is 32.5 Å². The number of carbonyl (C=O) groups excluding carboxylic acids is 1. The van der Waals surface area contributed by atoms with E-state index < -0.39 is 34.1 Å². The SMILES string of the molecule is O=C(Nc1ccc(C(F)(F)F)cc1)c1ccc(F)c([N+](=O)[O-])c1. The molecule has 0 aliphatic rings. The Bertz CT molecular complexity index is 758. The molecule has 23 heavy (non-hydrogen) atoms. The lowest BCUT2D eigenvalue weighted by molar-refractivity contribution is -0.387. The summed E-state index contributed by atoms with van der Waals surface area (Å²) in [5, 5.41) is 12.9. The molecule has 0 radical (unpaired) electrons. The summed E-state index contributed by atoms with van der Waals surface area (Å²) in [5.74, 6) is -1.91. The zero-order valence-electron chi connectivity index (χ0n) is 11.2.